The highest BCUT2D eigenvalue weighted by molar-refractivity contribution is 7.80. The molecule has 0 aromatic rings. The topological polar surface area (TPSA) is 70.6 Å². The lowest BCUT2D eigenvalue weighted by Crippen LogP contribution is -2.54. The van der Waals surface area contributed by atoms with Gasteiger partial charge < -0.3 is 10.8 Å². The largest absolute Gasteiger partial charge is 0.393 e. The second kappa shape index (κ2) is 6.19. The molecule has 0 aromatic carbocycles. The first-order valence-electron chi connectivity index (χ1n) is 10.1. The van der Waals surface area contributed by atoms with E-state index in [9.17, 15) is 5.11 Å². The Balaban J connectivity index is 1.58. The van der Waals surface area contributed by atoms with Crippen molar-refractivity contribution in [2.24, 2.45) is 45.3 Å². The Morgan fingerprint density at radius 3 is 2.72 bits per heavy atom. The maximum atomic E-state index is 10.1. The van der Waals surface area contributed by atoms with Crippen LogP contribution in [0, 0.1) is 34.5 Å². The third-order valence-corrected chi connectivity index (χ3v) is 8.77. The van der Waals surface area contributed by atoms with Crippen molar-refractivity contribution in [2.75, 3.05) is 0 Å². The SMILES string of the molecule is C[C@]12CC[C@H](O)C[C@@H]1CC[C@@H]1[C@@H]2CC[C@]2(C)/C(=N/NC(N)=S)CC[C@@H]12. The Morgan fingerprint density at radius 2 is 1.96 bits per heavy atom. The van der Waals surface area contributed by atoms with Crippen LogP contribution in [0.2, 0.25) is 0 Å². The first-order valence-corrected chi connectivity index (χ1v) is 10.6. The van der Waals surface area contributed by atoms with E-state index < -0.39 is 0 Å². The smallest absolute Gasteiger partial charge is 0.184 e. The molecule has 0 unspecified atom stereocenters. The predicted octanol–water partition coefficient (Wildman–Crippen LogP) is 3.58. The zero-order valence-electron chi connectivity index (χ0n) is 15.6. The van der Waals surface area contributed by atoms with Gasteiger partial charge in [0.05, 0.1) is 6.10 Å². The number of nitrogens with two attached hydrogens (primary N) is 1. The molecule has 0 amide bonds. The van der Waals surface area contributed by atoms with E-state index in [4.69, 9.17) is 18.0 Å². The number of aliphatic hydroxyl groups excluding tert-OH is 1. The molecule has 4 saturated carbocycles. The lowest BCUT2D eigenvalue weighted by atomic mass is 9.45. The monoisotopic (exact) mass is 363 g/mol. The summed E-state index contributed by atoms with van der Waals surface area (Å²) >= 11 is 4.93. The van der Waals surface area contributed by atoms with Crippen LogP contribution in [0.5, 0.6) is 0 Å². The third-order valence-electron chi connectivity index (χ3n) is 8.68. The second-order valence-corrected chi connectivity index (χ2v) is 10.1. The fourth-order valence-corrected chi connectivity index (χ4v) is 7.38. The van der Waals surface area contributed by atoms with Crippen LogP contribution in [0.15, 0.2) is 5.10 Å². The summed E-state index contributed by atoms with van der Waals surface area (Å²) in [6.45, 7) is 4.97. The molecule has 25 heavy (non-hydrogen) atoms. The van der Waals surface area contributed by atoms with Gasteiger partial charge in [-0.1, -0.05) is 13.8 Å². The van der Waals surface area contributed by atoms with Crippen LogP contribution in [0.25, 0.3) is 0 Å². The lowest BCUT2D eigenvalue weighted by Gasteiger charge is -2.60. The molecule has 0 saturated heterocycles. The van der Waals surface area contributed by atoms with Crippen LogP contribution in [0.1, 0.15) is 71.6 Å². The number of nitrogens with zero attached hydrogens (tertiary/aromatic N) is 1. The quantitative estimate of drug-likeness (QED) is 0.492. The summed E-state index contributed by atoms with van der Waals surface area (Å²) in [7, 11) is 0. The van der Waals surface area contributed by atoms with Crippen molar-refractivity contribution in [3.05, 3.63) is 0 Å². The van der Waals surface area contributed by atoms with Gasteiger partial charge in [0, 0.05) is 11.1 Å². The number of thiocarbonyl (C=S) groups is 1. The van der Waals surface area contributed by atoms with Gasteiger partial charge in [0.25, 0.3) is 0 Å². The predicted molar refractivity (Wildman–Crippen MR) is 105 cm³/mol. The van der Waals surface area contributed by atoms with Gasteiger partial charge in [0.15, 0.2) is 5.11 Å². The zero-order valence-corrected chi connectivity index (χ0v) is 16.4. The lowest BCUT2D eigenvalue weighted by molar-refractivity contribution is -0.113. The first kappa shape index (κ1) is 17.7. The highest BCUT2D eigenvalue weighted by Gasteiger charge is 2.59. The van der Waals surface area contributed by atoms with Crippen molar-refractivity contribution < 1.29 is 5.11 Å². The van der Waals surface area contributed by atoms with Crippen LogP contribution in [0.4, 0.5) is 0 Å². The Hall–Kier alpha value is -0.680. The van der Waals surface area contributed by atoms with Gasteiger partial charge in [-0.3, -0.25) is 5.43 Å². The summed E-state index contributed by atoms with van der Waals surface area (Å²) in [4.78, 5) is 0. The van der Waals surface area contributed by atoms with E-state index >= 15 is 0 Å². The Kier molecular flexibility index (Phi) is 4.39. The van der Waals surface area contributed by atoms with Gasteiger partial charge >= 0.3 is 0 Å². The van der Waals surface area contributed by atoms with Gasteiger partial charge in [-0.05, 0) is 99.1 Å². The minimum absolute atomic E-state index is 0.0557. The van der Waals surface area contributed by atoms with Gasteiger partial charge in [0.1, 0.15) is 0 Å². The summed E-state index contributed by atoms with van der Waals surface area (Å²) in [6.07, 6.45) is 10.7. The number of fused-ring (bicyclic) bond motifs is 5. The highest BCUT2D eigenvalue weighted by Crippen LogP contribution is 2.65. The van der Waals surface area contributed by atoms with Crippen LogP contribution >= 0.6 is 12.2 Å². The van der Waals surface area contributed by atoms with E-state index in [1.54, 1.807) is 0 Å². The average Bonchev–Trinajstić information content (AvgIpc) is 2.90. The standard InChI is InChI=1S/C20H33N3OS/c1-19-9-7-13(24)11-12(19)3-4-14-15-5-6-17(22-23-18(21)25)20(15,2)10-8-16(14)19/h12-16,24H,3-11H2,1-2H3,(H3,21,23,25)/b22-17+/t12-,13-,14-,15-,16-,19-,20-/m0/s1. The molecule has 0 spiro atoms. The molecule has 0 aliphatic heterocycles. The molecule has 4 aliphatic carbocycles. The van der Waals surface area contributed by atoms with Crippen molar-refractivity contribution in [3.63, 3.8) is 0 Å². The van der Waals surface area contributed by atoms with Gasteiger partial charge in [-0.25, -0.2) is 0 Å². The molecular weight excluding hydrogens is 330 g/mol. The molecule has 4 aliphatic rings. The summed E-state index contributed by atoms with van der Waals surface area (Å²) in [5.41, 5.74) is 10.4. The zero-order chi connectivity index (χ0) is 17.8. The van der Waals surface area contributed by atoms with E-state index in [2.05, 4.69) is 24.4 Å². The molecular formula is C20H33N3OS. The molecule has 0 heterocycles. The van der Waals surface area contributed by atoms with E-state index in [1.165, 1.54) is 44.2 Å². The molecule has 4 N–H and O–H groups in total. The van der Waals surface area contributed by atoms with Gasteiger partial charge in [0.2, 0.25) is 0 Å². The maximum Gasteiger partial charge on any atom is 0.184 e. The van der Waals surface area contributed by atoms with Crippen LogP contribution in [-0.2, 0) is 0 Å². The van der Waals surface area contributed by atoms with Crippen molar-refractivity contribution in [2.45, 2.75) is 77.7 Å². The highest BCUT2D eigenvalue weighted by atomic mass is 32.1. The number of aliphatic hydroxyl groups is 1. The molecule has 5 heteroatoms. The second-order valence-electron chi connectivity index (χ2n) is 9.61. The first-order chi connectivity index (χ1) is 11.8. The molecule has 140 valence electrons. The number of hydrogen-bond acceptors (Lipinski definition) is 3. The summed E-state index contributed by atoms with van der Waals surface area (Å²) in [5, 5.41) is 15.0. The summed E-state index contributed by atoms with van der Waals surface area (Å²) < 4.78 is 0. The van der Waals surface area contributed by atoms with E-state index in [-0.39, 0.29) is 16.6 Å². The maximum absolute atomic E-state index is 10.1. The van der Waals surface area contributed by atoms with Crippen LogP contribution in [0.3, 0.4) is 0 Å². The van der Waals surface area contributed by atoms with Gasteiger partial charge in [-0.15, -0.1) is 0 Å². The molecule has 4 fully saturated rings. The number of rotatable bonds is 1. The van der Waals surface area contributed by atoms with Crippen molar-refractivity contribution in [1.82, 2.24) is 5.43 Å². The number of hydrogen-bond donors (Lipinski definition) is 3. The molecule has 4 nitrogen and oxygen atoms in total. The van der Waals surface area contributed by atoms with Crippen molar-refractivity contribution >= 4 is 23.0 Å². The molecule has 0 bridgehead atoms. The molecule has 7 atom stereocenters. The molecule has 0 radical (unpaired) electrons. The van der Waals surface area contributed by atoms with E-state index in [0.29, 0.717) is 5.41 Å². The molecule has 0 aromatic heterocycles. The van der Waals surface area contributed by atoms with E-state index in [0.717, 1.165) is 42.9 Å². The number of hydrazone groups is 1. The Morgan fingerprint density at radius 1 is 1.16 bits per heavy atom. The number of nitrogens with one attached hydrogen (secondary N) is 1. The summed E-state index contributed by atoms with van der Waals surface area (Å²) in [6, 6.07) is 0. The van der Waals surface area contributed by atoms with Crippen LogP contribution in [-0.4, -0.2) is 22.0 Å². The third kappa shape index (κ3) is 2.73. The van der Waals surface area contributed by atoms with E-state index in [1.807, 2.05) is 0 Å². The fourth-order valence-electron chi connectivity index (χ4n) is 7.33. The molecule has 4 rings (SSSR count). The Labute approximate surface area is 157 Å². The normalized spacial score (nSPS) is 50.7. The van der Waals surface area contributed by atoms with Crippen LogP contribution < -0.4 is 11.2 Å². The van der Waals surface area contributed by atoms with Crippen molar-refractivity contribution in [3.8, 4) is 0 Å². The fraction of sp³-hybridized carbons (Fsp3) is 0.900. The minimum atomic E-state index is -0.0557. The average molecular weight is 364 g/mol. The van der Waals surface area contributed by atoms with Gasteiger partial charge in [-0.2, -0.15) is 5.10 Å². The minimum Gasteiger partial charge on any atom is -0.393 e. The summed E-state index contributed by atoms with van der Waals surface area (Å²) in [5.74, 6) is 3.14. The Bertz CT molecular complexity index is 593. The van der Waals surface area contributed by atoms with Crippen molar-refractivity contribution in [1.29, 1.82) is 0 Å².